The lowest BCUT2D eigenvalue weighted by Crippen LogP contribution is -2.42. The molecule has 368 valence electrons. The summed E-state index contributed by atoms with van der Waals surface area (Å²) >= 11 is 12.1. The molecule has 2 saturated heterocycles. The van der Waals surface area contributed by atoms with Crippen LogP contribution in [0.25, 0.3) is 0 Å². The van der Waals surface area contributed by atoms with Crippen LogP contribution in [0.15, 0.2) is 48.8 Å². The summed E-state index contributed by atoms with van der Waals surface area (Å²) in [5.74, 6) is -2.45. The third-order valence-corrected chi connectivity index (χ3v) is 16.4. The predicted octanol–water partition coefficient (Wildman–Crippen LogP) is 10.3. The van der Waals surface area contributed by atoms with Crippen LogP contribution in [-0.2, 0) is 25.9 Å². The molecule has 8 heterocycles. The van der Waals surface area contributed by atoms with Gasteiger partial charge in [-0.2, -0.15) is 20.4 Å². The van der Waals surface area contributed by atoms with Gasteiger partial charge >= 0.3 is 0 Å². The minimum atomic E-state index is -1.42. The summed E-state index contributed by atoms with van der Waals surface area (Å²) in [6, 6.07) is 8.41. The Bertz CT molecular complexity index is 2660. The Labute approximate surface area is 411 Å². The van der Waals surface area contributed by atoms with E-state index in [0.29, 0.717) is 83.4 Å². The first-order valence-corrected chi connectivity index (χ1v) is 25.3. The zero-order valence-electron chi connectivity index (χ0n) is 38.4. The number of halogens is 8. The van der Waals surface area contributed by atoms with Crippen LogP contribution in [0.2, 0.25) is 10.3 Å². The first-order valence-electron chi connectivity index (χ1n) is 24.6. The molecule has 20 heteroatoms. The van der Waals surface area contributed by atoms with E-state index in [-0.39, 0.29) is 11.1 Å². The van der Waals surface area contributed by atoms with Gasteiger partial charge in [-0.25, -0.2) is 45.7 Å². The Morgan fingerprint density at radius 1 is 0.500 bits per heavy atom. The molecule has 4 aromatic heterocycles. The summed E-state index contributed by atoms with van der Waals surface area (Å²) in [4.78, 5) is 14.4. The van der Waals surface area contributed by atoms with Crippen LogP contribution in [0.1, 0.15) is 110 Å². The van der Waals surface area contributed by atoms with E-state index in [4.69, 9.17) is 43.4 Å². The first kappa shape index (κ1) is 47.0. The van der Waals surface area contributed by atoms with E-state index in [1.54, 1.807) is 12.4 Å². The second kappa shape index (κ2) is 19.7. The van der Waals surface area contributed by atoms with Crippen LogP contribution in [0, 0.1) is 70.4 Å². The number of piperidine rings is 2. The fourth-order valence-electron chi connectivity index (χ4n) is 12.7. The molecule has 2 aliphatic carbocycles. The molecular weight excluding hydrogens is 954 g/mol. The summed E-state index contributed by atoms with van der Waals surface area (Å²) in [6.45, 7) is 5.12. The highest BCUT2D eigenvalue weighted by Crippen LogP contribution is 2.47. The summed E-state index contributed by atoms with van der Waals surface area (Å²) in [7, 11) is 0. The van der Waals surface area contributed by atoms with Crippen LogP contribution < -0.4 is 9.80 Å². The molecule has 70 heavy (non-hydrogen) atoms. The van der Waals surface area contributed by atoms with Crippen LogP contribution in [-0.4, -0.2) is 76.1 Å². The maximum Gasteiger partial charge on any atom is 0.194 e. The number of fused-ring (bicyclic) bond motifs is 6. The fourth-order valence-corrected chi connectivity index (χ4v) is 13.0. The monoisotopic (exact) mass is 1000 g/mol. The van der Waals surface area contributed by atoms with Gasteiger partial charge in [-0.05, 0) is 99.0 Å². The molecule has 2 unspecified atom stereocenters. The van der Waals surface area contributed by atoms with E-state index >= 15 is 0 Å². The highest BCUT2D eigenvalue weighted by atomic mass is 35.5. The molecule has 12 nitrogen and oxygen atoms in total. The number of rotatable bonds is 8. The average Bonchev–Trinajstić information content (AvgIpc) is 3.97. The molecule has 0 spiro atoms. The Kier molecular flexibility index (Phi) is 13.2. The minimum absolute atomic E-state index is 0.156. The first-order chi connectivity index (χ1) is 33.9. The number of hydrogen-bond acceptors (Lipinski definition) is 10. The molecule has 2 aromatic carbocycles. The van der Waals surface area contributed by atoms with E-state index in [2.05, 4.69) is 30.2 Å². The number of anilines is 2. The molecule has 0 N–H and O–H groups in total. The van der Waals surface area contributed by atoms with Gasteiger partial charge in [-0.15, -0.1) is 10.2 Å². The molecule has 0 radical (unpaired) electrons. The van der Waals surface area contributed by atoms with E-state index in [0.717, 1.165) is 126 Å². The quantitative estimate of drug-likeness (QED) is 0.108. The Hall–Kier alpha value is -5.36. The van der Waals surface area contributed by atoms with Crippen molar-refractivity contribution in [1.82, 2.24) is 49.9 Å². The second-order valence-electron chi connectivity index (χ2n) is 20.1. The van der Waals surface area contributed by atoms with Crippen molar-refractivity contribution in [2.75, 3.05) is 36.0 Å². The van der Waals surface area contributed by atoms with Crippen molar-refractivity contribution in [2.45, 2.75) is 102 Å². The lowest BCUT2D eigenvalue weighted by Gasteiger charge is -2.38. The minimum Gasteiger partial charge on any atom is -0.370 e. The van der Waals surface area contributed by atoms with Gasteiger partial charge in [0.05, 0.1) is 23.8 Å². The lowest BCUT2D eigenvalue weighted by atomic mass is 9.82. The van der Waals surface area contributed by atoms with Crippen molar-refractivity contribution in [3.05, 3.63) is 128 Å². The average molecular weight is 1010 g/mol. The zero-order valence-corrected chi connectivity index (χ0v) is 39.9. The fraction of sp³-hybridized carbons (Fsp3) is 0.520. The van der Waals surface area contributed by atoms with Crippen LogP contribution in [0.3, 0.4) is 0 Å². The van der Waals surface area contributed by atoms with Gasteiger partial charge in [-0.3, -0.25) is 0 Å². The summed E-state index contributed by atoms with van der Waals surface area (Å²) in [6.07, 6.45) is 14.4. The molecular formula is C50H52Cl2F6N12. The van der Waals surface area contributed by atoms with E-state index < -0.39 is 46.7 Å². The molecule has 2 saturated carbocycles. The van der Waals surface area contributed by atoms with Crippen molar-refractivity contribution < 1.29 is 26.3 Å². The van der Waals surface area contributed by atoms with E-state index in [9.17, 15) is 26.3 Å². The molecule has 4 aliphatic heterocycles. The largest absolute Gasteiger partial charge is 0.370 e. The third-order valence-electron chi connectivity index (χ3n) is 16.1. The Balaban J connectivity index is 0.000000152. The standard InChI is InChI=1S/2C25H26ClF3N6/c2*26-21-9-16(11-30-32-21)34-12-14-4-5-15(13-34)19(14)10-22-31-25-18(3-1-2-8-35(25)33-22)17-6-7-20(27)24(29)23(17)28/h2*6-7,9,11,14-15,18-19H,1-5,8,10,12-13H2/t2*14-,15+,18-,19?/m10/s1. The van der Waals surface area contributed by atoms with Gasteiger partial charge in [0.25, 0.3) is 0 Å². The number of aromatic nitrogens is 10. The van der Waals surface area contributed by atoms with E-state index in [1.165, 1.54) is 12.1 Å². The van der Waals surface area contributed by atoms with Crippen LogP contribution in [0.4, 0.5) is 37.7 Å². The van der Waals surface area contributed by atoms with Crippen LogP contribution >= 0.6 is 23.2 Å². The molecule has 0 amide bonds. The number of hydrogen-bond donors (Lipinski definition) is 0. The van der Waals surface area contributed by atoms with Crippen molar-refractivity contribution in [1.29, 1.82) is 0 Å². The van der Waals surface area contributed by atoms with Crippen molar-refractivity contribution >= 4 is 34.6 Å². The highest BCUT2D eigenvalue weighted by molar-refractivity contribution is 6.29. The highest BCUT2D eigenvalue weighted by Gasteiger charge is 2.44. The van der Waals surface area contributed by atoms with Crippen molar-refractivity contribution in [3.63, 3.8) is 0 Å². The normalized spacial score (nSPS) is 26.0. The maximum absolute atomic E-state index is 14.7. The summed E-state index contributed by atoms with van der Waals surface area (Å²) < 4.78 is 88.1. The topological polar surface area (TPSA) is 119 Å². The smallest absolute Gasteiger partial charge is 0.194 e. The van der Waals surface area contributed by atoms with Crippen LogP contribution in [0.5, 0.6) is 0 Å². The SMILES string of the molecule is Fc1ccc([C@@H]2CCCCn3nc(CC4[C@@H]5CC[C@H]4CN(c4cnnc(Cl)c4)C5)nc32)c(F)c1F.Fc1ccc([C@H]2CCCCn3nc(CC4[C@@H]5CC[C@H]4CN(c4cnnc(Cl)c4)C5)nc32)c(F)c1F. The molecule has 4 fully saturated rings. The number of aryl methyl sites for hydroxylation is 2. The summed E-state index contributed by atoms with van der Waals surface area (Å²) in [5, 5.41) is 26.1. The second-order valence-corrected chi connectivity index (χ2v) is 20.8. The third kappa shape index (κ3) is 9.22. The van der Waals surface area contributed by atoms with Gasteiger partial charge < -0.3 is 9.80 Å². The Morgan fingerprint density at radius 3 is 1.29 bits per heavy atom. The summed E-state index contributed by atoms with van der Waals surface area (Å²) in [5.41, 5.74) is 2.32. The van der Waals surface area contributed by atoms with Gasteiger partial charge in [0.2, 0.25) is 0 Å². The van der Waals surface area contributed by atoms with Gasteiger partial charge in [0.15, 0.2) is 56.9 Å². The lowest BCUT2D eigenvalue weighted by molar-refractivity contribution is 0.265. The molecule has 6 aliphatic rings. The van der Waals surface area contributed by atoms with Crippen molar-refractivity contribution in [3.8, 4) is 0 Å². The Morgan fingerprint density at radius 2 is 0.900 bits per heavy atom. The molecule has 4 bridgehead atoms. The molecule has 6 aromatic rings. The van der Waals surface area contributed by atoms with Gasteiger partial charge in [0.1, 0.15) is 11.6 Å². The molecule has 12 rings (SSSR count). The number of benzene rings is 2. The maximum atomic E-state index is 14.7. The van der Waals surface area contributed by atoms with E-state index in [1.807, 2.05) is 21.5 Å². The van der Waals surface area contributed by atoms with Gasteiger partial charge in [0, 0.05) is 87.2 Å². The van der Waals surface area contributed by atoms with Crippen molar-refractivity contribution in [2.24, 2.45) is 35.5 Å². The molecule has 8 atom stereocenters. The van der Waals surface area contributed by atoms with Gasteiger partial charge in [-0.1, -0.05) is 48.2 Å². The number of nitrogens with zero attached hydrogens (tertiary/aromatic N) is 12. The predicted molar refractivity (Wildman–Crippen MR) is 249 cm³/mol. The zero-order chi connectivity index (χ0) is 48.2.